The van der Waals surface area contributed by atoms with Crippen molar-refractivity contribution >= 4 is 23.7 Å². The minimum absolute atomic E-state index is 0.0650. The van der Waals surface area contributed by atoms with Gasteiger partial charge >= 0.3 is 5.97 Å². The molecule has 0 aliphatic carbocycles. The summed E-state index contributed by atoms with van der Waals surface area (Å²) in [5, 5.41) is 26.5. The molecule has 0 radical (unpaired) electrons. The molecule has 3 amide bonds. The Balaban J connectivity index is 5.59. The predicted molar refractivity (Wildman–Crippen MR) is 121 cm³/mol. The molecule has 7 unspecified atom stereocenters. The molecule has 0 saturated heterocycles. The Bertz CT molecular complexity index is 640. The molecule has 10 heteroatoms. The zero-order valence-corrected chi connectivity index (χ0v) is 20.3. The van der Waals surface area contributed by atoms with Gasteiger partial charge in [-0.15, -0.1) is 0 Å². The summed E-state index contributed by atoms with van der Waals surface area (Å²) in [6, 6.07) is -4.21. The van der Waals surface area contributed by atoms with Crippen LogP contribution in [0.4, 0.5) is 0 Å². The quantitative estimate of drug-likeness (QED) is 0.218. The monoisotopic (exact) mass is 458 g/mol. The first-order valence-corrected chi connectivity index (χ1v) is 11.3. The number of nitrogens with one attached hydrogen (secondary N) is 3. The molecule has 0 aliphatic rings. The van der Waals surface area contributed by atoms with Crippen LogP contribution in [0.25, 0.3) is 0 Å². The van der Waals surface area contributed by atoms with Gasteiger partial charge in [0, 0.05) is 0 Å². The molecular formula is C22H42N4O6. The van der Waals surface area contributed by atoms with Crippen LogP contribution < -0.4 is 21.7 Å². The molecule has 0 fully saturated rings. The molecule has 0 bridgehead atoms. The maximum absolute atomic E-state index is 13.1. The van der Waals surface area contributed by atoms with E-state index in [4.69, 9.17) is 5.73 Å². The van der Waals surface area contributed by atoms with E-state index < -0.39 is 54.0 Å². The molecule has 10 nitrogen and oxygen atoms in total. The highest BCUT2D eigenvalue weighted by Gasteiger charge is 2.34. The summed E-state index contributed by atoms with van der Waals surface area (Å²) in [5.41, 5.74) is 5.99. The van der Waals surface area contributed by atoms with Crippen molar-refractivity contribution in [2.75, 3.05) is 0 Å². The normalized spacial score (nSPS) is 17.9. The number of carbonyl (C=O) groups is 4. The van der Waals surface area contributed by atoms with Crippen LogP contribution >= 0.6 is 0 Å². The summed E-state index contributed by atoms with van der Waals surface area (Å²) in [5.74, 6) is -3.39. The molecule has 0 rings (SSSR count). The Labute approximate surface area is 191 Å². The zero-order valence-electron chi connectivity index (χ0n) is 20.3. The highest BCUT2D eigenvalue weighted by Crippen LogP contribution is 2.12. The lowest BCUT2D eigenvalue weighted by molar-refractivity contribution is -0.145. The average molecular weight is 459 g/mol. The van der Waals surface area contributed by atoms with Gasteiger partial charge in [0.25, 0.3) is 0 Å². The average Bonchev–Trinajstić information content (AvgIpc) is 2.72. The number of aliphatic hydroxyl groups excluding tert-OH is 1. The van der Waals surface area contributed by atoms with Crippen molar-refractivity contribution in [3.05, 3.63) is 0 Å². The lowest BCUT2D eigenvalue weighted by atomic mass is 9.95. The topological polar surface area (TPSA) is 171 Å². The van der Waals surface area contributed by atoms with E-state index in [0.717, 1.165) is 0 Å². The molecule has 0 saturated carbocycles. The fourth-order valence-electron chi connectivity index (χ4n) is 3.07. The molecule has 32 heavy (non-hydrogen) atoms. The lowest BCUT2D eigenvalue weighted by Crippen LogP contribution is -2.60. The summed E-state index contributed by atoms with van der Waals surface area (Å²) < 4.78 is 0. The third kappa shape index (κ3) is 9.52. The van der Waals surface area contributed by atoms with E-state index in [2.05, 4.69) is 16.0 Å². The van der Waals surface area contributed by atoms with E-state index in [1.54, 1.807) is 6.92 Å². The van der Waals surface area contributed by atoms with Gasteiger partial charge in [0.05, 0.1) is 12.1 Å². The van der Waals surface area contributed by atoms with Gasteiger partial charge in [0.2, 0.25) is 17.7 Å². The number of aliphatic carboxylic acids is 1. The Hall–Kier alpha value is -2.20. The molecular weight excluding hydrogens is 416 g/mol. The van der Waals surface area contributed by atoms with E-state index in [1.165, 1.54) is 6.92 Å². The van der Waals surface area contributed by atoms with Crippen LogP contribution in [0.15, 0.2) is 0 Å². The van der Waals surface area contributed by atoms with Crippen LogP contribution in [0.1, 0.15) is 67.7 Å². The fraction of sp³-hybridized carbons (Fsp3) is 0.818. The standard InChI is InChI=1S/C22H42N4O6/c1-8-12(5)16(23)20(29)24-15(10-11(3)4)19(28)25-17(13(6)9-2)21(30)26-18(14(7)27)22(31)32/h11-18,27H,8-10,23H2,1-7H3,(H,24,29)(H,25,28)(H,26,30)(H,31,32). The molecule has 7 atom stereocenters. The molecule has 0 heterocycles. The highest BCUT2D eigenvalue weighted by atomic mass is 16.4. The molecule has 0 aliphatic heterocycles. The number of carbonyl (C=O) groups excluding carboxylic acids is 3. The summed E-state index contributed by atoms with van der Waals surface area (Å²) in [6.45, 7) is 12.4. The van der Waals surface area contributed by atoms with Crippen molar-refractivity contribution < 1.29 is 29.4 Å². The van der Waals surface area contributed by atoms with E-state index >= 15 is 0 Å². The number of carboxylic acids is 1. The highest BCUT2D eigenvalue weighted by molar-refractivity contribution is 5.94. The van der Waals surface area contributed by atoms with Crippen molar-refractivity contribution in [3.63, 3.8) is 0 Å². The summed E-state index contributed by atoms with van der Waals surface area (Å²) in [7, 11) is 0. The van der Waals surface area contributed by atoms with Gasteiger partial charge < -0.3 is 31.9 Å². The Morgan fingerprint density at radius 3 is 1.69 bits per heavy atom. The first kappa shape index (κ1) is 29.8. The van der Waals surface area contributed by atoms with Gasteiger partial charge in [-0.05, 0) is 31.1 Å². The van der Waals surface area contributed by atoms with Crippen molar-refractivity contribution in [1.82, 2.24) is 16.0 Å². The van der Waals surface area contributed by atoms with Crippen molar-refractivity contribution in [2.24, 2.45) is 23.5 Å². The van der Waals surface area contributed by atoms with Crippen LogP contribution in [-0.4, -0.2) is 64.2 Å². The van der Waals surface area contributed by atoms with E-state index in [0.29, 0.717) is 19.3 Å². The van der Waals surface area contributed by atoms with Crippen molar-refractivity contribution in [3.8, 4) is 0 Å². The van der Waals surface area contributed by atoms with Crippen LogP contribution in [0.5, 0.6) is 0 Å². The first-order chi connectivity index (χ1) is 14.8. The summed E-state index contributed by atoms with van der Waals surface area (Å²) in [6.07, 6.45) is 0.260. The minimum atomic E-state index is -1.51. The van der Waals surface area contributed by atoms with E-state index in [1.807, 2.05) is 34.6 Å². The van der Waals surface area contributed by atoms with Crippen molar-refractivity contribution in [2.45, 2.75) is 98.0 Å². The molecule has 0 aromatic carbocycles. The number of carboxylic acid groups (broad SMARTS) is 1. The molecule has 7 N–H and O–H groups in total. The van der Waals surface area contributed by atoms with Crippen molar-refractivity contribution in [1.29, 1.82) is 0 Å². The molecule has 0 aromatic heterocycles. The number of rotatable bonds is 14. The van der Waals surface area contributed by atoms with Gasteiger partial charge in [0.15, 0.2) is 6.04 Å². The Morgan fingerprint density at radius 1 is 0.781 bits per heavy atom. The number of amides is 3. The second kappa shape index (κ2) is 14.1. The predicted octanol–water partition coefficient (Wildman–Crippen LogP) is 0.372. The second-order valence-electron chi connectivity index (χ2n) is 9.04. The molecule has 0 aromatic rings. The van der Waals surface area contributed by atoms with E-state index in [9.17, 15) is 29.4 Å². The van der Waals surface area contributed by atoms with E-state index in [-0.39, 0.29) is 17.8 Å². The van der Waals surface area contributed by atoms with Crippen LogP contribution in [0, 0.1) is 17.8 Å². The Kier molecular flexibility index (Phi) is 13.1. The fourth-order valence-corrected chi connectivity index (χ4v) is 3.07. The summed E-state index contributed by atoms with van der Waals surface area (Å²) >= 11 is 0. The number of hydrogen-bond donors (Lipinski definition) is 6. The molecule has 186 valence electrons. The maximum Gasteiger partial charge on any atom is 0.328 e. The maximum atomic E-state index is 13.1. The second-order valence-corrected chi connectivity index (χ2v) is 9.04. The smallest absolute Gasteiger partial charge is 0.328 e. The Morgan fingerprint density at radius 2 is 1.28 bits per heavy atom. The van der Waals surface area contributed by atoms with Gasteiger partial charge in [0.1, 0.15) is 12.1 Å². The third-order valence-corrected chi connectivity index (χ3v) is 5.74. The molecule has 0 spiro atoms. The number of aliphatic hydroxyl groups is 1. The van der Waals surface area contributed by atoms with Crippen LogP contribution in [0.3, 0.4) is 0 Å². The number of nitrogens with two attached hydrogens (primary N) is 1. The van der Waals surface area contributed by atoms with Gasteiger partial charge in [-0.3, -0.25) is 14.4 Å². The van der Waals surface area contributed by atoms with Crippen LogP contribution in [0.2, 0.25) is 0 Å². The summed E-state index contributed by atoms with van der Waals surface area (Å²) in [4.78, 5) is 49.7. The third-order valence-electron chi connectivity index (χ3n) is 5.74. The SMILES string of the molecule is CCC(C)C(N)C(=O)NC(CC(C)C)C(=O)NC(C(=O)NC(C(=O)O)C(C)O)C(C)CC. The van der Waals surface area contributed by atoms with Crippen LogP contribution in [-0.2, 0) is 19.2 Å². The van der Waals surface area contributed by atoms with Gasteiger partial charge in [-0.2, -0.15) is 0 Å². The van der Waals surface area contributed by atoms with Gasteiger partial charge in [-0.1, -0.05) is 54.4 Å². The zero-order chi connectivity index (χ0) is 25.2. The first-order valence-electron chi connectivity index (χ1n) is 11.3. The minimum Gasteiger partial charge on any atom is -0.480 e. The number of hydrogen-bond acceptors (Lipinski definition) is 6. The lowest BCUT2D eigenvalue weighted by Gasteiger charge is -2.29. The largest absolute Gasteiger partial charge is 0.480 e. The van der Waals surface area contributed by atoms with Gasteiger partial charge in [-0.25, -0.2) is 4.79 Å².